The molecule has 6 heteroatoms. The summed E-state index contributed by atoms with van der Waals surface area (Å²) in [5, 5.41) is 10.6. The summed E-state index contributed by atoms with van der Waals surface area (Å²) in [5.41, 5.74) is 5.21. The van der Waals surface area contributed by atoms with Crippen LogP contribution in [0.3, 0.4) is 0 Å². The van der Waals surface area contributed by atoms with Crippen molar-refractivity contribution in [2.24, 2.45) is 0 Å². The maximum atomic E-state index is 12.3. The molecule has 2 N–H and O–H groups in total. The normalized spacial score (nSPS) is 17.9. The molecule has 1 aliphatic carbocycles. The number of anilines is 1. The Morgan fingerprint density at radius 1 is 1.14 bits per heavy atom. The van der Waals surface area contributed by atoms with Crippen LogP contribution in [0.4, 0.5) is 10.5 Å². The van der Waals surface area contributed by atoms with Crippen molar-refractivity contribution < 1.29 is 4.79 Å². The largest absolute Gasteiger partial charge is 0.332 e. The Hall–Kier alpha value is -2.34. The molecule has 1 saturated carbocycles. The topological polar surface area (TPSA) is 62.2 Å². The standard InChI is InChI=1S/C22H31N5O/c1-16-7-6-8-17(2)21(16)24-22(28)23-14-18-13-20-15-26(11-12-27(20)25-18)19-9-4-3-5-10-19/h6-8,13,19H,3-5,9-12,14-15H2,1-2H3,(H2,23,24,28). The summed E-state index contributed by atoms with van der Waals surface area (Å²) in [7, 11) is 0. The third-order valence-corrected chi connectivity index (χ3v) is 6.12. The maximum Gasteiger partial charge on any atom is 0.319 e. The minimum absolute atomic E-state index is 0.188. The highest BCUT2D eigenvalue weighted by atomic mass is 16.2. The van der Waals surface area contributed by atoms with Crippen LogP contribution in [-0.4, -0.2) is 33.3 Å². The zero-order valence-electron chi connectivity index (χ0n) is 17.0. The number of hydrogen-bond donors (Lipinski definition) is 2. The number of aromatic nitrogens is 2. The summed E-state index contributed by atoms with van der Waals surface area (Å²) >= 11 is 0. The van der Waals surface area contributed by atoms with Gasteiger partial charge in [-0.1, -0.05) is 37.5 Å². The first-order valence-corrected chi connectivity index (χ1v) is 10.5. The van der Waals surface area contributed by atoms with E-state index in [9.17, 15) is 4.79 Å². The molecule has 0 spiro atoms. The van der Waals surface area contributed by atoms with E-state index in [1.54, 1.807) is 0 Å². The van der Waals surface area contributed by atoms with Crippen LogP contribution >= 0.6 is 0 Å². The Kier molecular flexibility index (Phi) is 5.67. The molecule has 4 rings (SSSR count). The summed E-state index contributed by atoms with van der Waals surface area (Å²) in [6.07, 6.45) is 6.79. The average molecular weight is 382 g/mol. The highest BCUT2D eigenvalue weighted by Gasteiger charge is 2.26. The van der Waals surface area contributed by atoms with Crippen LogP contribution in [0.1, 0.15) is 54.6 Å². The van der Waals surface area contributed by atoms with Gasteiger partial charge in [0.05, 0.1) is 24.5 Å². The Morgan fingerprint density at radius 2 is 1.89 bits per heavy atom. The third kappa shape index (κ3) is 4.22. The molecule has 1 fully saturated rings. The van der Waals surface area contributed by atoms with Gasteiger partial charge in [-0.2, -0.15) is 5.10 Å². The highest BCUT2D eigenvalue weighted by Crippen LogP contribution is 2.26. The van der Waals surface area contributed by atoms with Crippen LogP contribution in [0.2, 0.25) is 0 Å². The van der Waals surface area contributed by atoms with Crippen LogP contribution in [-0.2, 0) is 19.6 Å². The molecule has 2 aromatic rings. The fourth-order valence-corrected chi connectivity index (χ4v) is 4.53. The van der Waals surface area contributed by atoms with Gasteiger partial charge in [0.25, 0.3) is 0 Å². The van der Waals surface area contributed by atoms with Gasteiger partial charge in [0.15, 0.2) is 0 Å². The number of nitrogens with one attached hydrogen (secondary N) is 2. The second-order valence-corrected chi connectivity index (χ2v) is 8.19. The van der Waals surface area contributed by atoms with Crippen LogP contribution in [0, 0.1) is 13.8 Å². The number of para-hydroxylation sites is 1. The van der Waals surface area contributed by atoms with Gasteiger partial charge < -0.3 is 10.6 Å². The summed E-state index contributed by atoms with van der Waals surface area (Å²) in [4.78, 5) is 15.0. The van der Waals surface area contributed by atoms with E-state index in [1.165, 1.54) is 37.8 Å². The number of carbonyl (C=O) groups excluding carboxylic acids is 1. The highest BCUT2D eigenvalue weighted by molar-refractivity contribution is 5.90. The van der Waals surface area contributed by atoms with Crippen LogP contribution in [0.15, 0.2) is 24.3 Å². The summed E-state index contributed by atoms with van der Waals surface area (Å²) in [6.45, 7) is 7.46. The molecule has 6 nitrogen and oxygen atoms in total. The number of urea groups is 1. The van der Waals surface area contributed by atoms with Gasteiger partial charge >= 0.3 is 6.03 Å². The molecule has 0 radical (unpaired) electrons. The zero-order chi connectivity index (χ0) is 19.5. The Morgan fingerprint density at radius 3 is 2.64 bits per heavy atom. The smallest absolute Gasteiger partial charge is 0.319 e. The molecular weight excluding hydrogens is 350 g/mol. The second kappa shape index (κ2) is 8.35. The van der Waals surface area contributed by atoms with Crippen molar-refractivity contribution in [1.82, 2.24) is 20.0 Å². The number of aryl methyl sites for hydroxylation is 2. The van der Waals surface area contributed by atoms with E-state index in [1.807, 2.05) is 32.0 Å². The molecular formula is C22H31N5O. The maximum absolute atomic E-state index is 12.3. The van der Waals surface area contributed by atoms with Gasteiger partial charge in [-0.3, -0.25) is 9.58 Å². The van der Waals surface area contributed by atoms with Gasteiger partial charge in [0.1, 0.15) is 0 Å². The predicted octanol–water partition coefficient (Wildman–Crippen LogP) is 3.97. The molecule has 2 heterocycles. The molecule has 0 bridgehead atoms. The van der Waals surface area contributed by atoms with Crippen molar-refractivity contribution in [2.75, 3.05) is 11.9 Å². The van der Waals surface area contributed by atoms with E-state index >= 15 is 0 Å². The van der Waals surface area contributed by atoms with E-state index in [0.717, 1.165) is 48.2 Å². The number of benzene rings is 1. The summed E-state index contributed by atoms with van der Waals surface area (Å²) < 4.78 is 2.11. The van der Waals surface area contributed by atoms with Crippen molar-refractivity contribution in [3.63, 3.8) is 0 Å². The number of fused-ring (bicyclic) bond motifs is 1. The van der Waals surface area contributed by atoms with Gasteiger partial charge in [0.2, 0.25) is 0 Å². The summed E-state index contributed by atoms with van der Waals surface area (Å²) in [6, 6.07) is 8.71. The fraction of sp³-hybridized carbons (Fsp3) is 0.545. The number of rotatable bonds is 4. The second-order valence-electron chi connectivity index (χ2n) is 8.19. The Bertz CT molecular complexity index is 817. The van der Waals surface area contributed by atoms with Crippen LogP contribution in [0.25, 0.3) is 0 Å². The van der Waals surface area contributed by atoms with Crippen molar-refractivity contribution in [3.8, 4) is 0 Å². The third-order valence-electron chi connectivity index (χ3n) is 6.12. The van der Waals surface area contributed by atoms with Crippen LogP contribution < -0.4 is 10.6 Å². The van der Waals surface area contributed by atoms with Gasteiger partial charge in [-0.05, 0) is 43.9 Å². The van der Waals surface area contributed by atoms with Gasteiger partial charge in [-0.15, -0.1) is 0 Å². The van der Waals surface area contributed by atoms with E-state index in [-0.39, 0.29) is 6.03 Å². The SMILES string of the molecule is Cc1cccc(C)c1NC(=O)NCc1cc2n(n1)CCN(C1CCCCC1)C2. The molecule has 2 aliphatic rings. The number of carbonyl (C=O) groups is 1. The molecule has 1 aromatic heterocycles. The van der Waals surface area contributed by atoms with E-state index < -0.39 is 0 Å². The lowest BCUT2D eigenvalue weighted by molar-refractivity contribution is 0.119. The molecule has 150 valence electrons. The van der Waals surface area contributed by atoms with Gasteiger partial charge in [-0.25, -0.2) is 4.79 Å². The molecule has 1 aliphatic heterocycles. The van der Waals surface area contributed by atoms with E-state index in [4.69, 9.17) is 5.10 Å². The minimum atomic E-state index is -0.188. The van der Waals surface area contributed by atoms with E-state index in [0.29, 0.717) is 6.54 Å². The first-order chi connectivity index (χ1) is 13.6. The molecule has 0 unspecified atom stereocenters. The molecule has 0 saturated heterocycles. The number of nitrogens with zero attached hydrogens (tertiary/aromatic N) is 3. The Labute approximate surface area is 167 Å². The van der Waals surface area contributed by atoms with Crippen LogP contribution in [0.5, 0.6) is 0 Å². The van der Waals surface area contributed by atoms with Crippen molar-refractivity contribution in [3.05, 3.63) is 46.8 Å². The first kappa shape index (κ1) is 19.0. The zero-order valence-corrected chi connectivity index (χ0v) is 17.0. The average Bonchev–Trinajstić information content (AvgIpc) is 3.12. The van der Waals surface area contributed by atoms with Gasteiger partial charge in [0, 0.05) is 24.8 Å². The summed E-state index contributed by atoms with van der Waals surface area (Å²) in [5.74, 6) is 0. The number of hydrogen-bond acceptors (Lipinski definition) is 3. The number of amides is 2. The fourth-order valence-electron chi connectivity index (χ4n) is 4.53. The lowest BCUT2D eigenvalue weighted by Gasteiger charge is -2.36. The molecule has 0 atom stereocenters. The first-order valence-electron chi connectivity index (χ1n) is 10.5. The lowest BCUT2D eigenvalue weighted by atomic mass is 9.94. The van der Waals surface area contributed by atoms with Crippen molar-refractivity contribution in [2.45, 2.75) is 71.6 Å². The predicted molar refractivity (Wildman–Crippen MR) is 111 cm³/mol. The van der Waals surface area contributed by atoms with Crippen molar-refractivity contribution >= 4 is 11.7 Å². The van der Waals surface area contributed by atoms with E-state index in [2.05, 4.69) is 26.3 Å². The lowest BCUT2D eigenvalue weighted by Crippen LogP contribution is -2.42. The quantitative estimate of drug-likeness (QED) is 0.842. The molecule has 1 aromatic carbocycles. The molecule has 28 heavy (non-hydrogen) atoms. The van der Waals surface area contributed by atoms with Crippen molar-refractivity contribution in [1.29, 1.82) is 0 Å². The molecule has 2 amide bonds. The Balaban J connectivity index is 1.33. The minimum Gasteiger partial charge on any atom is -0.332 e. The monoisotopic (exact) mass is 381 g/mol.